The molecule has 1 saturated heterocycles. The van der Waals surface area contributed by atoms with Crippen LogP contribution < -0.4 is 10.6 Å². The number of nitrogens with zero attached hydrogens (tertiary/aromatic N) is 2. The van der Waals surface area contributed by atoms with Crippen LogP contribution in [0.2, 0.25) is 10.0 Å². The van der Waals surface area contributed by atoms with Crippen molar-refractivity contribution in [3.63, 3.8) is 0 Å². The SMILES string of the molecule is O=C(Nc1ccc(Cl)cn1)c1cc(Cl)ccc1NCC1CCN(C2CCCCC2)CC1. The third kappa shape index (κ3) is 6.12. The monoisotopic (exact) mass is 460 g/mol. The van der Waals surface area contributed by atoms with E-state index in [2.05, 4.69) is 20.5 Å². The van der Waals surface area contributed by atoms with Crippen LogP contribution in [0.5, 0.6) is 0 Å². The van der Waals surface area contributed by atoms with Gasteiger partial charge in [0.1, 0.15) is 5.82 Å². The second-order valence-electron chi connectivity index (χ2n) is 8.66. The topological polar surface area (TPSA) is 57.3 Å². The lowest BCUT2D eigenvalue weighted by Gasteiger charge is -2.39. The highest BCUT2D eigenvalue weighted by molar-refractivity contribution is 6.31. The second kappa shape index (κ2) is 10.7. The highest BCUT2D eigenvalue weighted by atomic mass is 35.5. The highest BCUT2D eigenvalue weighted by Gasteiger charge is 2.26. The minimum atomic E-state index is -0.244. The molecule has 0 radical (unpaired) electrons. The molecule has 1 aliphatic carbocycles. The molecule has 7 heteroatoms. The van der Waals surface area contributed by atoms with Gasteiger partial charge in [-0.25, -0.2) is 4.98 Å². The lowest BCUT2D eigenvalue weighted by atomic mass is 9.90. The van der Waals surface area contributed by atoms with E-state index in [1.165, 1.54) is 64.2 Å². The third-order valence-corrected chi connectivity index (χ3v) is 6.98. The molecule has 1 aromatic carbocycles. The van der Waals surface area contributed by atoms with Crippen LogP contribution >= 0.6 is 23.2 Å². The Balaban J connectivity index is 1.33. The van der Waals surface area contributed by atoms with Crippen molar-refractivity contribution >= 4 is 40.6 Å². The molecule has 166 valence electrons. The van der Waals surface area contributed by atoms with E-state index in [-0.39, 0.29) is 5.91 Å². The lowest BCUT2D eigenvalue weighted by Crippen LogP contribution is -2.43. The molecule has 1 saturated carbocycles. The first-order chi connectivity index (χ1) is 15.1. The van der Waals surface area contributed by atoms with E-state index in [1.54, 1.807) is 18.2 Å². The van der Waals surface area contributed by atoms with Gasteiger partial charge in [-0.1, -0.05) is 42.5 Å². The largest absolute Gasteiger partial charge is 0.384 e. The number of rotatable bonds is 6. The quantitative estimate of drug-likeness (QED) is 0.546. The van der Waals surface area contributed by atoms with Gasteiger partial charge in [-0.15, -0.1) is 0 Å². The van der Waals surface area contributed by atoms with E-state index in [1.807, 2.05) is 12.1 Å². The standard InChI is InChI=1S/C24H30Cl2N4O/c25-18-6-8-22(21(14-18)24(31)29-23-9-7-19(26)16-28-23)27-15-17-10-12-30(13-11-17)20-4-2-1-3-5-20/h6-9,14,16-17,20,27H,1-5,10-13,15H2,(H,28,29,31). The Labute approximate surface area is 194 Å². The molecular weight excluding hydrogens is 431 g/mol. The molecule has 2 fully saturated rings. The lowest BCUT2D eigenvalue weighted by molar-refractivity contribution is 0.102. The number of likely N-dealkylation sites (tertiary alicyclic amines) is 1. The van der Waals surface area contributed by atoms with Gasteiger partial charge < -0.3 is 15.5 Å². The van der Waals surface area contributed by atoms with Crippen LogP contribution in [0, 0.1) is 5.92 Å². The molecule has 1 amide bonds. The predicted molar refractivity (Wildman–Crippen MR) is 128 cm³/mol. The number of anilines is 2. The third-order valence-electron chi connectivity index (χ3n) is 6.52. The van der Waals surface area contributed by atoms with Gasteiger partial charge >= 0.3 is 0 Å². The Bertz CT molecular complexity index is 876. The Morgan fingerprint density at radius 3 is 2.45 bits per heavy atom. The molecule has 31 heavy (non-hydrogen) atoms. The number of hydrogen-bond acceptors (Lipinski definition) is 4. The average Bonchev–Trinajstić information content (AvgIpc) is 2.80. The van der Waals surface area contributed by atoms with E-state index in [9.17, 15) is 4.79 Å². The first kappa shape index (κ1) is 22.4. The Hall–Kier alpha value is -1.82. The number of amides is 1. The molecule has 2 heterocycles. The predicted octanol–water partition coefficient (Wildman–Crippen LogP) is 6.10. The van der Waals surface area contributed by atoms with Crippen LogP contribution in [-0.4, -0.2) is 41.5 Å². The van der Waals surface area contributed by atoms with Crippen molar-refractivity contribution in [3.8, 4) is 0 Å². The van der Waals surface area contributed by atoms with E-state index < -0.39 is 0 Å². The van der Waals surface area contributed by atoms with Gasteiger partial charge in [0.15, 0.2) is 0 Å². The van der Waals surface area contributed by atoms with Gasteiger partial charge in [0, 0.05) is 29.5 Å². The minimum absolute atomic E-state index is 0.244. The van der Waals surface area contributed by atoms with E-state index in [4.69, 9.17) is 23.2 Å². The van der Waals surface area contributed by atoms with Crippen molar-refractivity contribution in [1.82, 2.24) is 9.88 Å². The molecule has 2 N–H and O–H groups in total. The first-order valence-corrected chi connectivity index (χ1v) is 12.0. The Kier molecular flexibility index (Phi) is 7.70. The number of nitrogens with one attached hydrogen (secondary N) is 2. The molecular formula is C24H30Cl2N4O. The summed E-state index contributed by atoms with van der Waals surface area (Å²) in [5.74, 6) is 0.826. The van der Waals surface area contributed by atoms with Crippen LogP contribution in [0.3, 0.4) is 0 Å². The second-order valence-corrected chi connectivity index (χ2v) is 9.53. The summed E-state index contributed by atoms with van der Waals surface area (Å²) in [5, 5.41) is 7.37. The van der Waals surface area contributed by atoms with E-state index in [0.717, 1.165) is 18.3 Å². The van der Waals surface area contributed by atoms with Gasteiger partial charge in [-0.3, -0.25) is 4.79 Å². The zero-order valence-corrected chi connectivity index (χ0v) is 19.3. The van der Waals surface area contributed by atoms with Crippen molar-refractivity contribution in [2.24, 2.45) is 5.92 Å². The number of benzene rings is 1. The molecule has 5 nitrogen and oxygen atoms in total. The van der Waals surface area contributed by atoms with Crippen molar-refractivity contribution in [3.05, 3.63) is 52.1 Å². The summed E-state index contributed by atoms with van der Waals surface area (Å²) < 4.78 is 0. The number of halogens is 2. The van der Waals surface area contributed by atoms with Gasteiger partial charge in [0.2, 0.25) is 0 Å². The molecule has 0 unspecified atom stereocenters. The average molecular weight is 461 g/mol. The van der Waals surface area contributed by atoms with Crippen molar-refractivity contribution in [2.45, 2.75) is 51.0 Å². The zero-order chi connectivity index (χ0) is 21.6. The molecule has 2 aliphatic rings. The summed E-state index contributed by atoms with van der Waals surface area (Å²) in [7, 11) is 0. The number of hydrogen-bond donors (Lipinski definition) is 2. The fourth-order valence-corrected chi connectivity index (χ4v) is 5.00. The molecule has 1 aromatic heterocycles. The van der Waals surface area contributed by atoms with Crippen LogP contribution in [0.25, 0.3) is 0 Å². The van der Waals surface area contributed by atoms with Crippen LogP contribution in [0.15, 0.2) is 36.5 Å². The maximum Gasteiger partial charge on any atom is 0.258 e. The van der Waals surface area contributed by atoms with E-state index >= 15 is 0 Å². The Morgan fingerprint density at radius 1 is 1.00 bits per heavy atom. The molecule has 0 atom stereocenters. The van der Waals surface area contributed by atoms with E-state index in [0.29, 0.717) is 27.3 Å². The summed E-state index contributed by atoms with van der Waals surface area (Å²) in [6.07, 6.45) is 10.8. The van der Waals surface area contributed by atoms with Crippen LogP contribution in [0.1, 0.15) is 55.3 Å². The summed E-state index contributed by atoms with van der Waals surface area (Å²) in [6, 6.07) is 9.56. The Morgan fingerprint density at radius 2 is 1.74 bits per heavy atom. The molecule has 4 rings (SSSR count). The zero-order valence-electron chi connectivity index (χ0n) is 17.7. The number of pyridine rings is 1. The first-order valence-electron chi connectivity index (χ1n) is 11.3. The fourth-order valence-electron chi connectivity index (χ4n) is 4.71. The van der Waals surface area contributed by atoms with Gasteiger partial charge in [0.05, 0.1) is 10.6 Å². The number of carbonyl (C=O) groups is 1. The smallest absolute Gasteiger partial charge is 0.258 e. The highest BCUT2D eigenvalue weighted by Crippen LogP contribution is 2.28. The fraction of sp³-hybridized carbons (Fsp3) is 0.500. The van der Waals surface area contributed by atoms with Gasteiger partial charge in [-0.2, -0.15) is 0 Å². The number of piperidine rings is 1. The number of carbonyl (C=O) groups excluding carboxylic acids is 1. The van der Waals surface area contributed by atoms with Crippen molar-refractivity contribution < 1.29 is 4.79 Å². The molecule has 0 spiro atoms. The summed E-state index contributed by atoms with van der Waals surface area (Å²) in [5.41, 5.74) is 1.31. The van der Waals surface area contributed by atoms with Crippen molar-refractivity contribution in [1.29, 1.82) is 0 Å². The summed E-state index contributed by atoms with van der Waals surface area (Å²) in [6.45, 7) is 3.24. The van der Waals surface area contributed by atoms with Crippen molar-refractivity contribution in [2.75, 3.05) is 30.3 Å². The minimum Gasteiger partial charge on any atom is -0.384 e. The molecule has 2 aromatic rings. The van der Waals surface area contributed by atoms with Crippen LogP contribution in [0.4, 0.5) is 11.5 Å². The van der Waals surface area contributed by atoms with Crippen LogP contribution in [-0.2, 0) is 0 Å². The van der Waals surface area contributed by atoms with Gasteiger partial charge in [-0.05, 0) is 75.0 Å². The number of aromatic nitrogens is 1. The summed E-state index contributed by atoms with van der Waals surface area (Å²) >= 11 is 12.1. The maximum atomic E-state index is 12.9. The summed E-state index contributed by atoms with van der Waals surface area (Å²) in [4.78, 5) is 19.7. The maximum absolute atomic E-state index is 12.9. The van der Waals surface area contributed by atoms with Gasteiger partial charge in [0.25, 0.3) is 5.91 Å². The molecule has 1 aliphatic heterocycles. The normalized spacial score (nSPS) is 18.6. The molecule has 0 bridgehead atoms.